The second-order valence-corrected chi connectivity index (χ2v) is 4.28. The molecule has 3 aromatic heterocycles. The minimum absolute atomic E-state index is 0.520. The van der Waals surface area contributed by atoms with E-state index >= 15 is 0 Å². The van der Waals surface area contributed by atoms with Crippen LogP contribution in [-0.2, 0) is 6.42 Å². The molecule has 19 heavy (non-hydrogen) atoms. The fourth-order valence-corrected chi connectivity index (χ4v) is 2.02. The first-order chi connectivity index (χ1) is 9.29. The second-order valence-electron chi connectivity index (χ2n) is 4.28. The lowest BCUT2D eigenvalue weighted by atomic mass is 10.3. The van der Waals surface area contributed by atoms with Gasteiger partial charge in [0.25, 0.3) is 0 Å². The van der Waals surface area contributed by atoms with Crippen LogP contribution in [-0.4, -0.2) is 31.1 Å². The quantitative estimate of drug-likeness (QED) is 0.754. The van der Waals surface area contributed by atoms with Gasteiger partial charge < -0.3 is 5.73 Å². The number of nitrogens with zero attached hydrogens (tertiary/aromatic N) is 5. The molecule has 0 amide bonds. The lowest BCUT2D eigenvalue weighted by Crippen LogP contribution is -2.07. The molecule has 0 aliphatic carbocycles. The second kappa shape index (κ2) is 4.74. The molecule has 6 nitrogen and oxygen atoms in total. The highest BCUT2D eigenvalue weighted by atomic mass is 15.2. The van der Waals surface area contributed by atoms with E-state index in [-0.39, 0.29) is 0 Å². The van der Waals surface area contributed by atoms with E-state index in [1.54, 1.807) is 6.20 Å². The molecular formula is C13H14N6. The van der Waals surface area contributed by atoms with Crippen molar-refractivity contribution in [3.63, 3.8) is 0 Å². The van der Waals surface area contributed by atoms with Gasteiger partial charge in [-0.05, 0) is 25.6 Å². The molecule has 0 atom stereocenters. The fraction of sp³-hybridized carbons (Fsp3) is 0.231. The number of aryl methyl sites for hydroxylation is 1. The zero-order valence-electron chi connectivity index (χ0n) is 10.6. The van der Waals surface area contributed by atoms with Crippen molar-refractivity contribution in [3.8, 4) is 11.5 Å². The molecule has 0 saturated carbocycles. The third-order valence-electron chi connectivity index (χ3n) is 2.94. The van der Waals surface area contributed by atoms with Crippen molar-refractivity contribution in [2.24, 2.45) is 5.73 Å². The van der Waals surface area contributed by atoms with Crippen LogP contribution in [0.15, 0.2) is 30.6 Å². The van der Waals surface area contributed by atoms with Crippen LogP contribution in [0.25, 0.3) is 17.0 Å². The molecule has 0 unspecified atom stereocenters. The van der Waals surface area contributed by atoms with Gasteiger partial charge in [0.15, 0.2) is 11.6 Å². The lowest BCUT2D eigenvalue weighted by Gasteiger charge is -2.00. The van der Waals surface area contributed by atoms with Crippen LogP contribution < -0.4 is 5.73 Å². The molecule has 96 valence electrons. The largest absolute Gasteiger partial charge is 0.330 e. The monoisotopic (exact) mass is 254 g/mol. The van der Waals surface area contributed by atoms with Crippen molar-refractivity contribution >= 4 is 5.52 Å². The number of hydrogen-bond donors (Lipinski definition) is 1. The normalized spacial score (nSPS) is 11.1. The Morgan fingerprint density at radius 2 is 2.16 bits per heavy atom. The highest BCUT2D eigenvalue weighted by Crippen LogP contribution is 2.19. The van der Waals surface area contributed by atoms with Crippen LogP contribution in [0, 0.1) is 6.92 Å². The van der Waals surface area contributed by atoms with Gasteiger partial charge >= 0.3 is 0 Å². The first-order valence-corrected chi connectivity index (χ1v) is 6.12. The summed E-state index contributed by atoms with van der Waals surface area (Å²) in [6, 6.07) is 5.97. The molecule has 0 saturated heterocycles. The van der Waals surface area contributed by atoms with Crippen molar-refractivity contribution < 1.29 is 0 Å². The molecule has 0 bridgehead atoms. The first kappa shape index (κ1) is 11.7. The number of imidazole rings is 1. The summed E-state index contributed by atoms with van der Waals surface area (Å²) in [6.45, 7) is 2.49. The summed E-state index contributed by atoms with van der Waals surface area (Å²) in [6.07, 6.45) is 4.29. The molecule has 0 fully saturated rings. The molecule has 3 rings (SSSR count). The van der Waals surface area contributed by atoms with Gasteiger partial charge in [-0.25, -0.2) is 9.97 Å². The van der Waals surface area contributed by atoms with Crippen molar-refractivity contribution in [3.05, 3.63) is 42.1 Å². The number of rotatable bonds is 3. The average Bonchev–Trinajstić information content (AvgIpc) is 2.78. The van der Waals surface area contributed by atoms with Gasteiger partial charge in [0.05, 0.1) is 17.4 Å². The lowest BCUT2D eigenvalue weighted by molar-refractivity contribution is 0.809. The van der Waals surface area contributed by atoms with Gasteiger partial charge in [-0.1, -0.05) is 6.07 Å². The van der Waals surface area contributed by atoms with Gasteiger partial charge in [0, 0.05) is 12.6 Å². The van der Waals surface area contributed by atoms with Crippen LogP contribution in [0.2, 0.25) is 0 Å². The van der Waals surface area contributed by atoms with E-state index in [4.69, 9.17) is 5.73 Å². The smallest absolute Gasteiger partial charge is 0.167 e. The van der Waals surface area contributed by atoms with Gasteiger partial charge in [0.1, 0.15) is 5.69 Å². The first-order valence-electron chi connectivity index (χ1n) is 6.12. The Kier molecular flexibility index (Phi) is 2.92. The average molecular weight is 254 g/mol. The molecule has 0 spiro atoms. The predicted molar refractivity (Wildman–Crippen MR) is 71.5 cm³/mol. The van der Waals surface area contributed by atoms with Crippen molar-refractivity contribution in [1.29, 1.82) is 0 Å². The number of aromatic nitrogens is 5. The van der Waals surface area contributed by atoms with E-state index in [1.807, 2.05) is 35.7 Å². The zero-order chi connectivity index (χ0) is 13.2. The van der Waals surface area contributed by atoms with Gasteiger partial charge in [-0.15, -0.1) is 10.2 Å². The van der Waals surface area contributed by atoms with Crippen LogP contribution in [0.3, 0.4) is 0 Å². The summed E-state index contributed by atoms with van der Waals surface area (Å²) in [5, 5.41) is 8.25. The van der Waals surface area contributed by atoms with E-state index in [2.05, 4.69) is 20.2 Å². The maximum atomic E-state index is 5.46. The Labute approximate surface area is 110 Å². The molecule has 0 aromatic carbocycles. The van der Waals surface area contributed by atoms with E-state index in [0.29, 0.717) is 24.5 Å². The topological polar surface area (TPSA) is 82.0 Å². The van der Waals surface area contributed by atoms with Crippen LogP contribution in [0.4, 0.5) is 0 Å². The third kappa shape index (κ3) is 2.06. The summed E-state index contributed by atoms with van der Waals surface area (Å²) in [7, 11) is 0. The Bertz CT molecular complexity index is 701. The SMILES string of the molecule is Cc1nc(-c2cnc(CCN)nn2)n2ccccc12. The van der Waals surface area contributed by atoms with E-state index in [0.717, 1.165) is 17.0 Å². The molecule has 0 aliphatic heterocycles. The standard InChI is InChI=1S/C13H14N6/c1-9-11-4-2-3-7-19(11)13(16-9)10-8-15-12(5-6-14)18-17-10/h2-4,7-8H,5-6,14H2,1H3. The van der Waals surface area contributed by atoms with Gasteiger partial charge in [0.2, 0.25) is 0 Å². The summed E-state index contributed by atoms with van der Waals surface area (Å²) < 4.78 is 1.99. The Balaban J connectivity index is 2.09. The number of hydrogen-bond acceptors (Lipinski definition) is 5. The van der Waals surface area contributed by atoms with E-state index in [1.165, 1.54) is 0 Å². The van der Waals surface area contributed by atoms with E-state index in [9.17, 15) is 0 Å². The van der Waals surface area contributed by atoms with Gasteiger partial charge in [-0.2, -0.15) is 0 Å². The molecule has 2 N–H and O–H groups in total. The Morgan fingerprint density at radius 3 is 2.89 bits per heavy atom. The van der Waals surface area contributed by atoms with Crippen molar-refractivity contribution in [1.82, 2.24) is 24.6 Å². The zero-order valence-corrected chi connectivity index (χ0v) is 10.6. The maximum absolute atomic E-state index is 5.46. The molecule has 3 heterocycles. The minimum Gasteiger partial charge on any atom is -0.330 e. The molecule has 6 heteroatoms. The summed E-state index contributed by atoms with van der Waals surface area (Å²) >= 11 is 0. The van der Waals surface area contributed by atoms with Crippen molar-refractivity contribution in [2.45, 2.75) is 13.3 Å². The van der Waals surface area contributed by atoms with Gasteiger partial charge in [-0.3, -0.25) is 4.40 Å². The molecule has 3 aromatic rings. The Morgan fingerprint density at radius 1 is 1.26 bits per heavy atom. The van der Waals surface area contributed by atoms with E-state index < -0.39 is 0 Å². The number of nitrogens with two attached hydrogens (primary N) is 1. The van der Waals surface area contributed by atoms with Crippen molar-refractivity contribution in [2.75, 3.05) is 6.54 Å². The summed E-state index contributed by atoms with van der Waals surface area (Å²) in [5.41, 5.74) is 8.15. The molecular weight excluding hydrogens is 240 g/mol. The predicted octanol–water partition coefficient (Wildman–Crippen LogP) is 0.996. The highest BCUT2D eigenvalue weighted by molar-refractivity contribution is 5.61. The Hall–Kier alpha value is -2.34. The highest BCUT2D eigenvalue weighted by Gasteiger charge is 2.11. The van der Waals surface area contributed by atoms with Crippen LogP contribution in [0.1, 0.15) is 11.5 Å². The molecule has 0 aliphatic rings. The fourth-order valence-electron chi connectivity index (χ4n) is 2.02. The van der Waals surface area contributed by atoms with Crippen LogP contribution >= 0.6 is 0 Å². The summed E-state index contributed by atoms with van der Waals surface area (Å²) in [5.74, 6) is 1.41. The third-order valence-corrected chi connectivity index (χ3v) is 2.94. The summed E-state index contributed by atoms with van der Waals surface area (Å²) in [4.78, 5) is 8.79. The number of fused-ring (bicyclic) bond motifs is 1. The maximum Gasteiger partial charge on any atom is 0.167 e. The minimum atomic E-state index is 0.520. The molecule has 0 radical (unpaired) electrons. The number of pyridine rings is 1. The van der Waals surface area contributed by atoms with Crippen LogP contribution in [0.5, 0.6) is 0 Å².